The van der Waals surface area contributed by atoms with Crippen molar-refractivity contribution < 1.29 is 4.42 Å². The van der Waals surface area contributed by atoms with Crippen molar-refractivity contribution in [2.75, 3.05) is 11.1 Å². The molecule has 98 valence electrons. The number of nitrogens with two attached hydrogens (primary N) is 1. The zero-order valence-corrected chi connectivity index (χ0v) is 11.8. The van der Waals surface area contributed by atoms with Gasteiger partial charge in [-0.05, 0) is 31.2 Å². The quantitative estimate of drug-likeness (QED) is 0.707. The molecule has 0 aliphatic carbocycles. The fourth-order valence-electron chi connectivity index (χ4n) is 1.85. The number of nitrogens with one attached hydrogen (secondary N) is 1. The first-order chi connectivity index (χ1) is 9.13. The summed E-state index contributed by atoms with van der Waals surface area (Å²) in [5, 5.41) is 3.21. The van der Waals surface area contributed by atoms with Crippen molar-refractivity contribution in [3.05, 3.63) is 39.5 Å². The fraction of sp³-hybridized carbons (Fsp3) is 0.154. The van der Waals surface area contributed by atoms with Crippen LogP contribution in [0.15, 0.2) is 34.7 Å². The highest BCUT2D eigenvalue weighted by Crippen LogP contribution is 2.30. The van der Waals surface area contributed by atoms with Crippen molar-refractivity contribution in [1.29, 1.82) is 0 Å². The van der Waals surface area contributed by atoms with E-state index < -0.39 is 0 Å². The van der Waals surface area contributed by atoms with Crippen molar-refractivity contribution >= 4 is 45.7 Å². The molecule has 3 aromatic rings. The number of rotatable bonds is 3. The van der Waals surface area contributed by atoms with E-state index in [0.29, 0.717) is 22.8 Å². The number of oxazole rings is 1. The van der Waals surface area contributed by atoms with Gasteiger partial charge in [-0.1, -0.05) is 17.7 Å². The molecule has 0 aliphatic rings. The van der Waals surface area contributed by atoms with E-state index in [1.54, 1.807) is 6.07 Å². The molecule has 6 heteroatoms. The second kappa shape index (κ2) is 4.75. The number of nitrogen functional groups attached to an aromatic ring is 1. The summed E-state index contributed by atoms with van der Waals surface area (Å²) in [5.41, 5.74) is 7.82. The number of hydrogen-bond donors (Lipinski definition) is 2. The van der Waals surface area contributed by atoms with Gasteiger partial charge in [-0.25, -0.2) is 0 Å². The minimum atomic E-state index is 0.0757. The Bertz CT molecular complexity index is 722. The van der Waals surface area contributed by atoms with Gasteiger partial charge in [0.25, 0.3) is 6.01 Å². The highest BCUT2D eigenvalue weighted by molar-refractivity contribution is 7.16. The standard InChI is InChI=1S/C13H12ClN3OS/c1-7(10-5-6-11(14)19-10)16-13-17-12-8(15)3-2-4-9(12)18-13/h2-7H,15H2,1H3,(H,16,17). The summed E-state index contributed by atoms with van der Waals surface area (Å²) in [4.78, 5) is 5.48. The van der Waals surface area contributed by atoms with E-state index in [1.807, 2.05) is 31.2 Å². The van der Waals surface area contributed by atoms with E-state index in [2.05, 4.69) is 10.3 Å². The molecule has 0 bridgehead atoms. The lowest BCUT2D eigenvalue weighted by molar-refractivity contribution is 0.605. The molecule has 1 unspecified atom stereocenters. The largest absolute Gasteiger partial charge is 0.423 e. The third kappa shape index (κ3) is 2.39. The van der Waals surface area contributed by atoms with Crippen molar-refractivity contribution in [2.24, 2.45) is 0 Å². The molecule has 4 nitrogen and oxygen atoms in total. The topological polar surface area (TPSA) is 64.1 Å². The number of hydrogen-bond acceptors (Lipinski definition) is 5. The van der Waals surface area contributed by atoms with E-state index in [4.69, 9.17) is 21.8 Å². The van der Waals surface area contributed by atoms with Crippen molar-refractivity contribution in [3.63, 3.8) is 0 Å². The minimum absolute atomic E-state index is 0.0757. The summed E-state index contributed by atoms with van der Waals surface area (Å²) in [6, 6.07) is 9.89. The van der Waals surface area contributed by atoms with Gasteiger partial charge in [-0.15, -0.1) is 11.3 Å². The van der Waals surface area contributed by atoms with Gasteiger partial charge in [0.05, 0.1) is 16.1 Å². The van der Waals surface area contributed by atoms with Crippen LogP contribution in [0, 0.1) is 0 Å². The normalized spacial score (nSPS) is 12.7. The molecule has 0 radical (unpaired) electrons. The van der Waals surface area contributed by atoms with Crippen LogP contribution in [-0.4, -0.2) is 4.98 Å². The number of nitrogens with zero attached hydrogens (tertiary/aromatic N) is 1. The zero-order valence-electron chi connectivity index (χ0n) is 10.2. The summed E-state index contributed by atoms with van der Waals surface area (Å²) >= 11 is 7.46. The third-order valence-corrected chi connectivity index (χ3v) is 4.22. The van der Waals surface area contributed by atoms with Gasteiger partial charge < -0.3 is 15.5 Å². The van der Waals surface area contributed by atoms with Crippen LogP contribution in [0.2, 0.25) is 4.34 Å². The highest BCUT2D eigenvalue weighted by atomic mass is 35.5. The first kappa shape index (κ1) is 12.3. The maximum atomic E-state index is 5.93. The third-order valence-electron chi connectivity index (χ3n) is 2.81. The first-order valence-electron chi connectivity index (χ1n) is 5.80. The SMILES string of the molecule is CC(Nc1nc2c(N)cccc2o1)c1ccc(Cl)s1. The Morgan fingerprint density at radius 3 is 2.89 bits per heavy atom. The van der Waals surface area contributed by atoms with Crippen LogP contribution in [-0.2, 0) is 0 Å². The molecule has 1 aromatic carbocycles. The van der Waals surface area contributed by atoms with Crippen molar-refractivity contribution in [1.82, 2.24) is 4.98 Å². The molecular weight excluding hydrogens is 282 g/mol. The molecule has 0 saturated carbocycles. The Balaban J connectivity index is 1.87. The first-order valence-corrected chi connectivity index (χ1v) is 7.00. The molecule has 0 fully saturated rings. The van der Waals surface area contributed by atoms with Crippen LogP contribution in [0.5, 0.6) is 0 Å². The number of aromatic nitrogens is 1. The summed E-state index contributed by atoms with van der Waals surface area (Å²) in [5.74, 6) is 0. The number of para-hydroxylation sites is 1. The number of thiophene rings is 1. The number of anilines is 2. The van der Waals surface area contributed by atoms with Gasteiger partial charge in [0.15, 0.2) is 5.58 Å². The Hall–Kier alpha value is -1.72. The van der Waals surface area contributed by atoms with Crippen LogP contribution < -0.4 is 11.1 Å². The average Bonchev–Trinajstić information content (AvgIpc) is 2.96. The van der Waals surface area contributed by atoms with Gasteiger partial charge in [0.2, 0.25) is 0 Å². The lowest BCUT2D eigenvalue weighted by atomic mass is 10.3. The summed E-state index contributed by atoms with van der Waals surface area (Å²) in [6.07, 6.45) is 0. The second-order valence-electron chi connectivity index (χ2n) is 4.22. The van der Waals surface area contributed by atoms with E-state index in [1.165, 1.54) is 11.3 Å². The maximum absolute atomic E-state index is 5.93. The van der Waals surface area contributed by atoms with Gasteiger partial charge in [-0.2, -0.15) is 4.98 Å². The van der Waals surface area contributed by atoms with Crippen LogP contribution in [0.25, 0.3) is 11.1 Å². The van der Waals surface area contributed by atoms with E-state index in [0.717, 1.165) is 9.21 Å². The van der Waals surface area contributed by atoms with E-state index in [9.17, 15) is 0 Å². The molecule has 3 N–H and O–H groups in total. The summed E-state index contributed by atoms with van der Waals surface area (Å²) < 4.78 is 6.39. The van der Waals surface area contributed by atoms with E-state index >= 15 is 0 Å². The van der Waals surface area contributed by atoms with Crippen molar-refractivity contribution in [3.8, 4) is 0 Å². The lowest BCUT2D eigenvalue weighted by Crippen LogP contribution is -2.04. The number of fused-ring (bicyclic) bond motifs is 1. The zero-order chi connectivity index (χ0) is 13.4. The Morgan fingerprint density at radius 1 is 1.37 bits per heavy atom. The molecule has 3 rings (SSSR count). The molecule has 0 aliphatic heterocycles. The maximum Gasteiger partial charge on any atom is 0.296 e. The summed E-state index contributed by atoms with van der Waals surface area (Å²) in [7, 11) is 0. The average molecular weight is 294 g/mol. The monoisotopic (exact) mass is 293 g/mol. The molecule has 2 heterocycles. The Morgan fingerprint density at radius 2 is 2.21 bits per heavy atom. The predicted octanol–water partition coefficient (Wildman–Crippen LogP) is 4.30. The van der Waals surface area contributed by atoms with Gasteiger partial charge in [0.1, 0.15) is 5.52 Å². The Kier molecular flexibility index (Phi) is 3.08. The molecule has 0 saturated heterocycles. The minimum Gasteiger partial charge on any atom is -0.423 e. The lowest BCUT2D eigenvalue weighted by Gasteiger charge is -2.08. The molecule has 0 amide bonds. The fourth-order valence-corrected chi connectivity index (χ4v) is 2.91. The molecule has 1 atom stereocenters. The van der Waals surface area contributed by atoms with Crippen molar-refractivity contribution in [2.45, 2.75) is 13.0 Å². The van der Waals surface area contributed by atoms with E-state index in [-0.39, 0.29) is 6.04 Å². The summed E-state index contributed by atoms with van der Waals surface area (Å²) in [6.45, 7) is 2.03. The van der Waals surface area contributed by atoms with Gasteiger partial charge in [0, 0.05) is 4.88 Å². The number of benzene rings is 1. The van der Waals surface area contributed by atoms with Crippen LogP contribution >= 0.6 is 22.9 Å². The Labute approximate surface area is 119 Å². The van der Waals surface area contributed by atoms with Gasteiger partial charge in [-0.3, -0.25) is 0 Å². The van der Waals surface area contributed by atoms with Crippen LogP contribution in [0.3, 0.4) is 0 Å². The smallest absolute Gasteiger partial charge is 0.296 e. The molecule has 2 aromatic heterocycles. The van der Waals surface area contributed by atoms with Gasteiger partial charge >= 0.3 is 0 Å². The highest BCUT2D eigenvalue weighted by Gasteiger charge is 2.13. The van der Waals surface area contributed by atoms with Crippen LogP contribution in [0.1, 0.15) is 17.8 Å². The predicted molar refractivity (Wildman–Crippen MR) is 79.8 cm³/mol. The van der Waals surface area contributed by atoms with Crippen LogP contribution in [0.4, 0.5) is 11.7 Å². The molecule has 0 spiro atoms. The molecular formula is C13H12ClN3OS. The number of halogens is 1. The molecule has 19 heavy (non-hydrogen) atoms. The second-order valence-corrected chi connectivity index (χ2v) is 5.97.